The Morgan fingerprint density at radius 2 is 1.96 bits per heavy atom. The molecule has 0 spiro atoms. The third kappa shape index (κ3) is 3.43. The van der Waals surface area contributed by atoms with Crippen molar-refractivity contribution in [2.24, 2.45) is 0 Å². The largest absolute Gasteiger partial charge is 0.497 e. The van der Waals surface area contributed by atoms with Gasteiger partial charge in [-0.3, -0.25) is 0 Å². The zero-order chi connectivity index (χ0) is 18.1. The molecule has 1 heterocycles. The van der Waals surface area contributed by atoms with E-state index in [-0.39, 0.29) is 12.0 Å². The van der Waals surface area contributed by atoms with E-state index in [1.54, 1.807) is 17.9 Å². The molecule has 5 nitrogen and oxygen atoms in total. The third-order valence-corrected chi connectivity index (χ3v) is 4.59. The van der Waals surface area contributed by atoms with Gasteiger partial charge in [-0.05, 0) is 48.4 Å². The summed E-state index contributed by atoms with van der Waals surface area (Å²) in [5.41, 5.74) is 2.54. The summed E-state index contributed by atoms with van der Waals surface area (Å²) in [6.45, 7) is 0.570. The highest BCUT2D eigenvalue weighted by Crippen LogP contribution is 2.41. The molecule has 1 aromatic heterocycles. The molecule has 7 heteroatoms. The number of methoxy groups -OCH3 is 1. The summed E-state index contributed by atoms with van der Waals surface area (Å²) in [5, 5.41) is 11.7. The predicted octanol–water partition coefficient (Wildman–Crippen LogP) is 3.20. The van der Waals surface area contributed by atoms with Crippen LogP contribution in [0.3, 0.4) is 0 Å². The molecule has 0 unspecified atom stereocenters. The summed E-state index contributed by atoms with van der Waals surface area (Å²) in [7, 11) is 1.62. The van der Waals surface area contributed by atoms with Crippen molar-refractivity contribution in [1.29, 1.82) is 0 Å². The van der Waals surface area contributed by atoms with Gasteiger partial charge in [0.15, 0.2) is 11.6 Å². The second-order valence-corrected chi connectivity index (χ2v) is 6.36. The zero-order valence-corrected chi connectivity index (χ0v) is 14.2. The second-order valence-electron chi connectivity index (χ2n) is 6.36. The van der Waals surface area contributed by atoms with Gasteiger partial charge in [0, 0.05) is 18.5 Å². The summed E-state index contributed by atoms with van der Waals surface area (Å²) >= 11 is 0. The highest BCUT2D eigenvalue weighted by Gasteiger charge is 2.38. The fourth-order valence-electron chi connectivity index (χ4n) is 3.01. The van der Waals surface area contributed by atoms with E-state index in [1.165, 1.54) is 12.1 Å². The molecule has 0 bridgehead atoms. The maximum Gasteiger partial charge on any atom is 0.159 e. The van der Waals surface area contributed by atoms with Crippen LogP contribution in [0.25, 0.3) is 5.69 Å². The van der Waals surface area contributed by atoms with E-state index >= 15 is 0 Å². The first-order valence-corrected chi connectivity index (χ1v) is 8.38. The van der Waals surface area contributed by atoms with E-state index in [0.29, 0.717) is 6.54 Å². The van der Waals surface area contributed by atoms with Crippen molar-refractivity contribution in [1.82, 2.24) is 20.3 Å². The van der Waals surface area contributed by atoms with Crippen molar-refractivity contribution in [2.45, 2.75) is 24.9 Å². The first-order valence-electron chi connectivity index (χ1n) is 8.38. The van der Waals surface area contributed by atoms with Crippen LogP contribution in [0, 0.1) is 11.6 Å². The molecule has 1 aliphatic rings. The summed E-state index contributed by atoms with van der Waals surface area (Å²) in [6.07, 6.45) is 2.77. The normalized spacial score (nSPS) is 18.7. The Hall–Kier alpha value is -2.80. The molecule has 0 aliphatic heterocycles. The van der Waals surface area contributed by atoms with Gasteiger partial charge in [-0.2, -0.15) is 0 Å². The van der Waals surface area contributed by atoms with Crippen LogP contribution in [0.15, 0.2) is 48.7 Å². The fourth-order valence-corrected chi connectivity index (χ4v) is 3.01. The lowest BCUT2D eigenvalue weighted by Crippen LogP contribution is -2.17. The lowest BCUT2D eigenvalue weighted by atomic mass is 10.1. The molecule has 26 heavy (non-hydrogen) atoms. The van der Waals surface area contributed by atoms with E-state index < -0.39 is 11.6 Å². The molecule has 1 aliphatic carbocycles. The Balaban J connectivity index is 1.34. The van der Waals surface area contributed by atoms with Gasteiger partial charge in [-0.25, -0.2) is 13.5 Å². The topological polar surface area (TPSA) is 52.0 Å². The summed E-state index contributed by atoms with van der Waals surface area (Å²) in [6, 6.07) is 11.9. The Kier molecular flexibility index (Phi) is 4.38. The van der Waals surface area contributed by atoms with Crippen molar-refractivity contribution in [3.8, 4) is 11.4 Å². The van der Waals surface area contributed by atoms with Gasteiger partial charge in [0.2, 0.25) is 0 Å². The van der Waals surface area contributed by atoms with Gasteiger partial charge in [-0.15, -0.1) is 5.10 Å². The quantitative estimate of drug-likeness (QED) is 0.737. The predicted molar refractivity (Wildman–Crippen MR) is 92.3 cm³/mol. The second kappa shape index (κ2) is 6.84. The number of hydrogen-bond donors (Lipinski definition) is 1. The van der Waals surface area contributed by atoms with Crippen LogP contribution in [-0.4, -0.2) is 28.1 Å². The molecule has 1 saturated carbocycles. The fraction of sp³-hybridized carbons (Fsp3) is 0.263. The Bertz CT molecular complexity index is 910. The van der Waals surface area contributed by atoms with E-state index in [9.17, 15) is 8.78 Å². The number of aromatic nitrogens is 3. The van der Waals surface area contributed by atoms with Crippen molar-refractivity contribution < 1.29 is 13.5 Å². The van der Waals surface area contributed by atoms with Gasteiger partial charge in [0.1, 0.15) is 5.75 Å². The van der Waals surface area contributed by atoms with E-state index in [0.717, 1.165) is 29.1 Å². The average molecular weight is 356 g/mol. The highest BCUT2D eigenvalue weighted by molar-refractivity contribution is 5.36. The number of rotatable bonds is 6. The number of hydrogen-bond acceptors (Lipinski definition) is 4. The molecule has 134 valence electrons. The number of ether oxygens (including phenoxy) is 1. The van der Waals surface area contributed by atoms with Crippen molar-refractivity contribution >= 4 is 0 Å². The van der Waals surface area contributed by atoms with Gasteiger partial charge >= 0.3 is 0 Å². The molecule has 3 aromatic rings. The first kappa shape index (κ1) is 16.7. The SMILES string of the molecule is COc1ccc(-n2cc(CN[C@@H]3C[C@H]3c3ccc(F)c(F)c3)nn2)cc1. The molecule has 1 fully saturated rings. The Morgan fingerprint density at radius 1 is 1.15 bits per heavy atom. The average Bonchev–Trinajstić information content (AvgIpc) is 3.29. The minimum atomic E-state index is -0.811. The lowest BCUT2D eigenvalue weighted by Gasteiger charge is -2.03. The summed E-state index contributed by atoms with van der Waals surface area (Å²) in [4.78, 5) is 0. The molecular weight excluding hydrogens is 338 g/mol. The molecular formula is C19H18F2N4O. The molecule has 4 rings (SSSR count). The maximum atomic E-state index is 13.3. The number of nitrogens with zero attached hydrogens (tertiary/aromatic N) is 3. The minimum absolute atomic E-state index is 0.210. The minimum Gasteiger partial charge on any atom is -0.497 e. The molecule has 1 N–H and O–H groups in total. The molecule has 2 aromatic carbocycles. The van der Waals surface area contributed by atoms with Crippen LogP contribution in [0.4, 0.5) is 8.78 Å². The number of halogens is 2. The van der Waals surface area contributed by atoms with E-state index in [2.05, 4.69) is 15.6 Å². The van der Waals surface area contributed by atoms with E-state index in [4.69, 9.17) is 4.74 Å². The van der Waals surface area contributed by atoms with Crippen LogP contribution >= 0.6 is 0 Å². The smallest absolute Gasteiger partial charge is 0.159 e. The van der Waals surface area contributed by atoms with Crippen LogP contribution in [0.2, 0.25) is 0 Å². The zero-order valence-electron chi connectivity index (χ0n) is 14.2. The van der Waals surface area contributed by atoms with Crippen molar-refractivity contribution in [2.75, 3.05) is 7.11 Å². The Morgan fingerprint density at radius 3 is 2.69 bits per heavy atom. The summed E-state index contributed by atoms with van der Waals surface area (Å²) in [5.74, 6) is -0.612. The van der Waals surface area contributed by atoms with Crippen LogP contribution in [0.5, 0.6) is 5.75 Å². The van der Waals surface area contributed by atoms with Crippen LogP contribution < -0.4 is 10.1 Å². The van der Waals surface area contributed by atoms with Gasteiger partial charge < -0.3 is 10.1 Å². The number of benzene rings is 2. The number of nitrogens with one attached hydrogen (secondary N) is 1. The third-order valence-electron chi connectivity index (χ3n) is 4.59. The van der Waals surface area contributed by atoms with Crippen LogP contribution in [0.1, 0.15) is 23.6 Å². The van der Waals surface area contributed by atoms with Crippen molar-refractivity contribution in [3.63, 3.8) is 0 Å². The van der Waals surface area contributed by atoms with Gasteiger partial charge in [0.25, 0.3) is 0 Å². The summed E-state index contributed by atoms with van der Waals surface area (Å²) < 4.78 is 33.2. The monoisotopic (exact) mass is 356 g/mol. The van der Waals surface area contributed by atoms with Crippen molar-refractivity contribution in [3.05, 3.63) is 71.6 Å². The molecule has 0 saturated heterocycles. The van der Waals surface area contributed by atoms with E-state index in [1.807, 2.05) is 30.5 Å². The highest BCUT2D eigenvalue weighted by atomic mass is 19.2. The molecule has 2 atom stereocenters. The van der Waals surface area contributed by atoms with Gasteiger partial charge in [-0.1, -0.05) is 11.3 Å². The lowest BCUT2D eigenvalue weighted by molar-refractivity contribution is 0.414. The maximum absolute atomic E-state index is 13.3. The molecule has 0 amide bonds. The standard InChI is InChI=1S/C19H18F2N4O/c1-26-15-5-3-14(4-6-15)25-11-13(23-24-25)10-22-19-9-16(19)12-2-7-17(20)18(21)8-12/h2-8,11,16,19,22H,9-10H2,1H3/t16-,19+/m0/s1. The van der Waals surface area contributed by atoms with Crippen LogP contribution in [-0.2, 0) is 6.54 Å². The molecule has 0 radical (unpaired) electrons. The Labute approximate surface area is 149 Å². The first-order chi connectivity index (χ1) is 12.6. The van der Waals surface area contributed by atoms with Gasteiger partial charge in [0.05, 0.1) is 24.7 Å².